The standard InChI is InChI=1S/C23H20N2O2/c1-2-17-9-11-18(12-10-17)19(15-22(26)20-7-3-5-13-24-20)16-23(27)21-8-4-6-14-25-21/h2-14,19H,1,15-16H2. The van der Waals surface area contributed by atoms with Crippen molar-refractivity contribution in [3.8, 4) is 0 Å². The lowest BCUT2D eigenvalue weighted by Gasteiger charge is -2.16. The van der Waals surface area contributed by atoms with E-state index in [4.69, 9.17) is 0 Å². The summed E-state index contributed by atoms with van der Waals surface area (Å²) in [6, 6.07) is 18.3. The Morgan fingerprint density at radius 1 is 0.815 bits per heavy atom. The molecule has 3 aromatic rings. The lowest BCUT2D eigenvalue weighted by atomic mass is 9.87. The topological polar surface area (TPSA) is 59.9 Å². The van der Waals surface area contributed by atoms with Crippen LogP contribution < -0.4 is 0 Å². The van der Waals surface area contributed by atoms with Crippen LogP contribution in [-0.2, 0) is 0 Å². The van der Waals surface area contributed by atoms with Crippen molar-refractivity contribution >= 4 is 17.6 Å². The van der Waals surface area contributed by atoms with Crippen molar-refractivity contribution in [3.05, 3.63) is 102 Å². The van der Waals surface area contributed by atoms with Crippen LogP contribution in [0, 0.1) is 0 Å². The van der Waals surface area contributed by atoms with Crippen molar-refractivity contribution in [1.82, 2.24) is 9.97 Å². The second-order valence-electron chi connectivity index (χ2n) is 6.25. The van der Waals surface area contributed by atoms with E-state index in [-0.39, 0.29) is 30.3 Å². The normalized spacial score (nSPS) is 10.6. The number of pyridine rings is 2. The van der Waals surface area contributed by atoms with E-state index in [9.17, 15) is 9.59 Å². The molecule has 0 N–H and O–H groups in total. The third-order valence-corrected chi connectivity index (χ3v) is 4.41. The number of nitrogens with zero attached hydrogens (tertiary/aromatic N) is 2. The summed E-state index contributed by atoms with van der Waals surface area (Å²) < 4.78 is 0. The maximum Gasteiger partial charge on any atom is 0.181 e. The molecule has 4 nitrogen and oxygen atoms in total. The Balaban J connectivity index is 1.84. The highest BCUT2D eigenvalue weighted by Gasteiger charge is 2.22. The zero-order valence-corrected chi connectivity index (χ0v) is 14.9. The Kier molecular flexibility index (Phi) is 6.00. The molecule has 0 unspecified atom stereocenters. The summed E-state index contributed by atoms with van der Waals surface area (Å²) in [5, 5.41) is 0. The van der Waals surface area contributed by atoms with Gasteiger partial charge in [-0.15, -0.1) is 0 Å². The first-order valence-corrected chi connectivity index (χ1v) is 8.78. The molecule has 27 heavy (non-hydrogen) atoms. The molecular formula is C23H20N2O2. The smallest absolute Gasteiger partial charge is 0.181 e. The molecular weight excluding hydrogens is 336 g/mol. The van der Waals surface area contributed by atoms with E-state index >= 15 is 0 Å². The van der Waals surface area contributed by atoms with Crippen molar-refractivity contribution in [3.63, 3.8) is 0 Å². The quantitative estimate of drug-likeness (QED) is 0.547. The fourth-order valence-corrected chi connectivity index (χ4v) is 2.92. The van der Waals surface area contributed by atoms with Gasteiger partial charge in [-0.3, -0.25) is 19.6 Å². The second kappa shape index (κ2) is 8.81. The number of hydrogen-bond donors (Lipinski definition) is 0. The first kappa shape index (κ1) is 18.4. The molecule has 0 aliphatic carbocycles. The number of benzene rings is 1. The van der Waals surface area contributed by atoms with E-state index in [0.29, 0.717) is 11.4 Å². The highest BCUT2D eigenvalue weighted by atomic mass is 16.1. The number of carbonyl (C=O) groups excluding carboxylic acids is 2. The van der Waals surface area contributed by atoms with Gasteiger partial charge in [0.15, 0.2) is 11.6 Å². The Morgan fingerprint density at radius 2 is 1.33 bits per heavy atom. The van der Waals surface area contributed by atoms with Gasteiger partial charge in [-0.2, -0.15) is 0 Å². The second-order valence-corrected chi connectivity index (χ2v) is 6.25. The zero-order chi connectivity index (χ0) is 19.1. The average Bonchev–Trinajstić information content (AvgIpc) is 2.74. The maximum atomic E-state index is 12.7. The van der Waals surface area contributed by atoms with Crippen LogP contribution in [0.5, 0.6) is 0 Å². The van der Waals surface area contributed by atoms with Crippen LogP contribution in [0.4, 0.5) is 0 Å². The number of Topliss-reactive ketones (excluding diaryl/α,β-unsaturated/α-hetero) is 2. The van der Waals surface area contributed by atoms with Crippen LogP contribution in [-0.4, -0.2) is 21.5 Å². The van der Waals surface area contributed by atoms with Gasteiger partial charge in [-0.1, -0.05) is 49.1 Å². The zero-order valence-electron chi connectivity index (χ0n) is 14.9. The minimum atomic E-state index is -0.243. The Bertz CT molecular complexity index is 866. The fraction of sp³-hybridized carbons (Fsp3) is 0.130. The number of carbonyl (C=O) groups is 2. The monoisotopic (exact) mass is 356 g/mol. The highest BCUT2D eigenvalue weighted by molar-refractivity contribution is 5.97. The summed E-state index contributed by atoms with van der Waals surface area (Å²) in [7, 11) is 0. The molecule has 134 valence electrons. The lowest BCUT2D eigenvalue weighted by molar-refractivity contribution is 0.0939. The van der Waals surface area contributed by atoms with Gasteiger partial charge in [0.2, 0.25) is 0 Å². The van der Waals surface area contributed by atoms with Gasteiger partial charge in [0.05, 0.1) is 0 Å². The van der Waals surface area contributed by atoms with Gasteiger partial charge in [0, 0.05) is 25.2 Å². The van der Waals surface area contributed by atoms with Gasteiger partial charge in [0.25, 0.3) is 0 Å². The fourth-order valence-electron chi connectivity index (χ4n) is 2.92. The van der Waals surface area contributed by atoms with Crippen molar-refractivity contribution < 1.29 is 9.59 Å². The molecule has 0 radical (unpaired) electrons. The minimum Gasteiger partial charge on any atom is -0.292 e. The third-order valence-electron chi connectivity index (χ3n) is 4.41. The van der Waals surface area contributed by atoms with Crippen LogP contribution in [0.3, 0.4) is 0 Å². The Hall–Kier alpha value is -3.40. The summed E-state index contributed by atoms with van der Waals surface area (Å²) in [6.07, 6.45) is 5.38. The number of ketones is 2. The number of rotatable bonds is 8. The van der Waals surface area contributed by atoms with Gasteiger partial charge in [-0.05, 0) is 41.3 Å². The SMILES string of the molecule is C=Cc1ccc(C(CC(=O)c2ccccn2)CC(=O)c2ccccn2)cc1. The van der Waals surface area contributed by atoms with Crippen LogP contribution in [0.2, 0.25) is 0 Å². The van der Waals surface area contributed by atoms with E-state index < -0.39 is 0 Å². The Morgan fingerprint density at radius 3 is 1.74 bits per heavy atom. The van der Waals surface area contributed by atoms with Crippen LogP contribution >= 0.6 is 0 Å². The molecule has 0 saturated heterocycles. The molecule has 0 aliphatic heterocycles. The van der Waals surface area contributed by atoms with E-state index in [1.165, 1.54) is 0 Å². The predicted molar refractivity (Wildman–Crippen MR) is 106 cm³/mol. The van der Waals surface area contributed by atoms with E-state index in [1.807, 2.05) is 24.3 Å². The summed E-state index contributed by atoms with van der Waals surface area (Å²) >= 11 is 0. The molecule has 4 heteroatoms. The Labute approximate surface area is 158 Å². The van der Waals surface area contributed by atoms with E-state index in [1.54, 1.807) is 54.9 Å². The summed E-state index contributed by atoms with van der Waals surface area (Å²) in [5.74, 6) is -0.405. The highest BCUT2D eigenvalue weighted by Crippen LogP contribution is 2.27. The molecule has 1 aromatic carbocycles. The van der Waals surface area contributed by atoms with Crippen molar-refractivity contribution in [2.75, 3.05) is 0 Å². The van der Waals surface area contributed by atoms with Gasteiger partial charge in [-0.25, -0.2) is 0 Å². The predicted octanol–water partition coefficient (Wildman–Crippen LogP) is 4.75. The van der Waals surface area contributed by atoms with Gasteiger partial charge >= 0.3 is 0 Å². The summed E-state index contributed by atoms with van der Waals surface area (Å²) in [6.45, 7) is 3.76. The molecule has 2 heterocycles. The molecule has 0 atom stereocenters. The van der Waals surface area contributed by atoms with Crippen molar-refractivity contribution in [2.24, 2.45) is 0 Å². The van der Waals surface area contributed by atoms with E-state index in [2.05, 4.69) is 16.5 Å². The molecule has 0 saturated carbocycles. The van der Waals surface area contributed by atoms with Crippen molar-refractivity contribution in [2.45, 2.75) is 18.8 Å². The van der Waals surface area contributed by atoms with Crippen LogP contribution in [0.1, 0.15) is 50.9 Å². The molecule has 2 aromatic heterocycles. The number of aromatic nitrogens is 2. The van der Waals surface area contributed by atoms with Gasteiger partial charge in [0.1, 0.15) is 11.4 Å². The van der Waals surface area contributed by atoms with Crippen molar-refractivity contribution in [1.29, 1.82) is 0 Å². The van der Waals surface area contributed by atoms with Crippen LogP contribution in [0.15, 0.2) is 79.6 Å². The first-order valence-electron chi connectivity index (χ1n) is 8.78. The molecule has 0 aliphatic rings. The average molecular weight is 356 g/mol. The minimum absolute atomic E-state index is 0.0813. The molecule has 0 bridgehead atoms. The third kappa shape index (κ3) is 4.82. The maximum absolute atomic E-state index is 12.7. The molecule has 0 spiro atoms. The number of hydrogen-bond acceptors (Lipinski definition) is 4. The van der Waals surface area contributed by atoms with Crippen LogP contribution in [0.25, 0.3) is 6.08 Å². The first-order chi connectivity index (χ1) is 13.2. The lowest BCUT2D eigenvalue weighted by Crippen LogP contribution is -2.14. The summed E-state index contributed by atoms with van der Waals surface area (Å²) in [4.78, 5) is 33.6. The molecule has 0 amide bonds. The summed E-state index contributed by atoms with van der Waals surface area (Å²) in [5.41, 5.74) is 2.75. The molecule has 3 rings (SSSR count). The molecule has 0 fully saturated rings. The van der Waals surface area contributed by atoms with E-state index in [0.717, 1.165) is 11.1 Å². The largest absolute Gasteiger partial charge is 0.292 e. The van der Waals surface area contributed by atoms with Gasteiger partial charge < -0.3 is 0 Å².